The van der Waals surface area contributed by atoms with Gasteiger partial charge in [0.1, 0.15) is 11.9 Å². The third-order valence-electron chi connectivity index (χ3n) is 6.05. The van der Waals surface area contributed by atoms with Crippen LogP contribution >= 0.6 is 0 Å². The molecule has 0 fully saturated rings. The zero-order valence-corrected chi connectivity index (χ0v) is 22.7. The predicted octanol–water partition coefficient (Wildman–Crippen LogP) is 4.32. The number of sulfonamides is 1. The van der Waals surface area contributed by atoms with Gasteiger partial charge in [-0.1, -0.05) is 37.6 Å². The van der Waals surface area contributed by atoms with Gasteiger partial charge in [-0.3, -0.25) is 13.9 Å². The fourth-order valence-electron chi connectivity index (χ4n) is 3.88. The molecule has 2 aromatic rings. The number of aryl methyl sites for hydroxylation is 2. The Morgan fingerprint density at radius 2 is 1.72 bits per heavy atom. The molecular weight excluding hydrogens is 481 g/mol. The van der Waals surface area contributed by atoms with Crippen LogP contribution in [-0.2, 0) is 26.2 Å². The quantitative estimate of drug-likeness (QED) is 0.399. The number of carbonyl (C=O) groups is 2. The molecule has 0 aliphatic carbocycles. The van der Waals surface area contributed by atoms with Gasteiger partial charge >= 0.3 is 0 Å². The van der Waals surface area contributed by atoms with Crippen LogP contribution in [0.1, 0.15) is 56.2 Å². The van der Waals surface area contributed by atoms with Gasteiger partial charge in [-0.15, -0.1) is 0 Å². The number of unbranched alkanes of at least 4 members (excludes halogenated alkanes) is 1. The van der Waals surface area contributed by atoms with Crippen molar-refractivity contribution in [2.75, 3.05) is 23.7 Å². The molecule has 0 saturated carbocycles. The lowest BCUT2D eigenvalue weighted by atomic mass is 10.1. The van der Waals surface area contributed by atoms with Crippen molar-refractivity contribution >= 4 is 27.5 Å². The Balaban J connectivity index is 2.17. The molecule has 0 saturated heterocycles. The summed E-state index contributed by atoms with van der Waals surface area (Å²) in [4.78, 5) is 27.5. The zero-order chi connectivity index (χ0) is 26.9. The maximum atomic E-state index is 13.4. The number of halogens is 1. The van der Waals surface area contributed by atoms with Crippen LogP contribution in [0.3, 0.4) is 0 Å². The van der Waals surface area contributed by atoms with Crippen molar-refractivity contribution in [2.45, 2.75) is 66.0 Å². The highest BCUT2D eigenvalue weighted by molar-refractivity contribution is 7.92. The molecule has 7 nitrogen and oxygen atoms in total. The van der Waals surface area contributed by atoms with E-state index < -0.39 is 16.1 Å². The number of nitrogens with zero attached hydrogens (tertiary/aromatic N) is 2. The highest BCUT2D eigenvalue weighted by atomic mass is 32.2. The molecule has 0 spiro atoms. The second kappa shape index (κ2) is 13.4. The standard InChI is InChI=1S/C27H38FN3O4S/c1-6-7-16-29-27(33)22(4)30(19-23-12-14-24(28)15-13-23)26(32)9-8-17-31(36(5,34)35)25-18-20(2)10-11-21(25)3/h10-15,18,22H,6-9,16-17,19H2,1-5H3,(H,29,33)/t22-/m0/s1. The molecule has 9 heteroatoms. The molecule has 0 aromatic heterocycles. The van der Waals surface area contributed by atoms with Crippen molar-refractivity contribution in [1.29, 1.82) is 0 Å². The van der Waals surface area contributed by atoms with Gasteiger partial charge in [0.2, 0.25) is 21.8 Å². The number of rotatable bonds is 13. The van der Waals surface area contributed by atoms with Crippen LogP contribution in [0, 0.1) is 19.7 Å². The van der Waals surface area contributed by atoms with Gasteiger partial charge in [-0.2, -0.15) is 0 Å². The van der Waals surface area contributed by atoms with Gasteiger partial charge in [0.15, 0.2) is 0 Å². The summed E-state index contributed by atoms with van der Waals surface area (Å²) < 4.78 is 39.8. The van der Waals surface area contributed by atoms with Gasteiger partial charge < -0.3 is 10.2 Å². The van der Waals surface area contributed by atoms with E-state index in [4.69, 9.17) is 0 Å². The third kappa shape index (κ3) is 8.62. The summed E-state index contributed by atoms with van der Waals surface area (Å²) in [7, 11) is -3.56. The Kier molecular flexibility index (Phi) is 10.9. The molecule has 1 atom stereocenters. The number of hydrogen-bond donors (Lipinski definition) is 1. The number of anilines is 1. The van der Waals surface area contributed by atoms with Crippen LogP contribution in [-0.4, -0.2) is 50.5 Å². The van der Waals surface area contributed by atoms with Crippen molar-refractivity contribution in [1.82, 2.24) is 10.2 Å². The van der Waals surface area contributed by atoms with Crippen LogP contribution in [0.25, 0.3) is 0 Å². The summed E-state index contributed by atoms with van der Waals surface area (Å²) in [6.07, 6.45) is 3.27. The van der Waals surface area contributed by atoms with E-state index in [9.17, 15) is 22.4 Å². The van der Waals surface area contributed by atoms with E-state index in [1.165, 1.54) is 21.3 Å². The summed E-state index contributed by atoms with van der Waals surface area (Å²) in [5.74, 6) is -0.909. The van der Waals surface area contributed by atoms with Crippen LogP contribution in [0.5, 0.6) is 0 Å². The minimum absolute atomic E-state index is 0.0602. The number of benzene rings is 2. The summed E-state index contributed by atoms with van der Waals surface area (Å²) in [5, 5.41) is 2.86. The lowest BCUT2D eigenvalue weighted by molar-refractivity contribution is -0.140. The lowest BCUT2D eigenvalue weighted by Crippen LogP contribution is -2.48. The molecule has 198 valence electrons. The number of nitrogens with one attached hydrogen (secondary N) is 1. The maximum absolute atomic E-state index is 13.4. The van der Waals surface area contributed by atoms with Crippen LogP contribution < -0.4 is 9.62 Å². The Bertz CT molecular complexity index is 1140. The molecule has 1 N–H and O–H groups in total. The van der Waals surface area contributed by atoms with Gasteiger partial charge in [-0.25, -0.2) is 12.8 Å². The number of carbonyl (C=O) groups excluding carboxylic acids is 2. The zero-order valence-electron chi connectivity index (χ0n) is 21.9. The smallest absolute Gasteiger partial charge is 0.242 e. The highest BCUT2D eigenvalue weighted by Gasteiger charge is 2.26. The molecule has 0 aliphatic heterocycles. The van der Waals surface area contributed by atoms with E-state index in [0.29, 0.717) is 17.8 Å². The van der Waals surface area contributed by atoms with Crippen molar-refractivity contribution in [3.63, 3.8) is 0 Å². The second-order valence-corrected chi connectivity index (χ2v) is 11.1. The molecule has 2 rings (SSSR count). The normalized spacial score (nSPS) is 12.2. The first kappa shape index (κ1) is 29.3. The molecule has 2 aromatic carbocycles. The van der Waals surface area contributed by atoms with Gasteiger partial charge in [-0.05, 0) is 68.5 Å². The summed E-state index contributed by atoms with van der Waals surface area (Å²) in [5.41, 5.74) is 3.06. The van der Waals surface area contributed by atoms with Gasteiger partial charge in [0.25, 0.3) is 0 Å². The first-order chi connectivity index (χ1) is 16.9. The average molecular weight is 520 g/mol. The summed E-state index contributed by atoms with van der Waals surface area (Å²) >= 11 is 0. The van der Waals surface area contributed by atoms with E-state index in [1.54, 1.807) is 19.1 Å². The van der Waals surface area contributed by atoms with Gasteiger partial charge in [0.05, 0.1) is 11.9 Å². The molecule has 2 amide bonds. The van der Waals surface area contributed by atoms with Crippen molar-refractivity contribution in [2.24, 2.45) is 0 Å². The molecule has 0 heterocycles. The van der Waals surface area contributed by atoms with Crippen LogP contribution in [0.4, 0.5) is 10.1 Å². The predicted molar refractivity (Wildman–Crippen MR) is 142 cm³/mol. The molecular formula is C27H38FN3O4S. The van der Waals surface area contributed by atoms with Crippen molar-refractivity contribution in [3.8, 4) is 0 Å². The summed E-state index contributed by atoms with van der Waals surface area (Å²) in [6, 6.07) is 10.7. The fourth-order valence-corrected chi connectivity index (χ4v) is 4.89. The molecule has 36 heavy (non-hydrogen) atoms. The first-order valence-corrected chi connectivity index (χ1v) is 14.2. The van der Waals surface area contributed by atoms with E-state index in [2.05, 4.69) is 5.32 Å². The Labute approximate surface area is 214 Å². The number of hydrogen-bond acceptors (Lipinski definition) is 4. The molecule has 0 radical (unpaired) electrons. The Morgan fingerprint density at radius 1 is 1.06 bits per heavy atom. The van der Waals surface area contributed by atoms with Crippen molar-refractivity contribution < 1.29 is 22.4 Å². The van der Waals surface area contributed by atoms with Gasteiger partial charge in [0, 0.05) is 26.1 Å². The van der Waals surface area contributed by atoms with E-state index in [1.807, 2.05) is 39.0 Å². The minimum Gasteiger partial charge on any atom is -0.354 e. The third-order valence-corrected chi connectivity index (χ3v) is 7.23. The SMILES string of the molecule is CCCCNC(=O)[C@H](C)N(Cc1ccc(F)cc1)C(=O)CCCN(c1cc(C)ccc1C)S(C)(=O)=O. The molecule has 0 unspecified atom stereocenters. The topological polar surface area (TPSA) is 86.8 Å². The average Bonchev–Trinajstić information content (AvgIpc) is 2.82. The first-order valence-electron chi connectivity index (χ1n) is 12.3. The molecule has 0 bridgehead atoms. The fraction of sp³-hybridized carbons (Fsp3) is 0.481. The monoisotopic (exact) mass is 519 g/mol. The largest absolute Gasteiger partial charge is 0.354 e. The maximum Gasteiger partial charge on any atom is 0.242 e. The number of amides is 2. The van der Waals surface area contributed by atoms with Crippen LogP contribution in [0.2, 0.25) is 0 Å². The Hall–Kier alpha value is -2.94. The Morgan fingerprint density at radius 3 is 2.33 bits per heavy atom. The summed E-state index contributed by atoms with van der Waals surface area (Å²) in [6.45, 7) is 8.25. The van der Waals surface area contributed by atoms with Crippen molar-refractivity contribution in [3.05, 3.63) is 65.0 Å². The minimum atomic E-state index is -3.56. The van der Waals surface area contributed by atoms with E-state index >= 15 is 0 Å². The second-order valence-electron chi connectivity index (χ2n) is 9.20. The molecule has 0 aliphatic rings. The van der Waals surface area contributed by atoms with E-state index in [-0.39, 0.29) is 43.6 Å². The van der Waals surface area contributed by atoms with E-state index in [0.717, 1.165) is 30.2 Å². The highest BCUT2D eigenvalue weighted by Crippen LogP contribution is 2.24. The van der Waals surface area contributed by atoms with Crippen LogP contribution in [0.15, 0.2) is 42.5 Å². The lowest BCUT2D eigenvalue weighted by Gasteiger charge is -2.29.